The lowest BCUT2D eigenvalue weighted by Gasteiger charge is -2.15. The molecule has 2 aromatic rings. The van der Waals surface area contributed by atoms with Gasteiger partial charge in [-0.2, -0.15) is 0 Å². The predicted molar refractivity (Wildman–Crippen MR) is 74.6 cm³/mol. The number of rotatable bonds is 5. The Kier molecular flexibility index (Phi) is 4.69. The maximum Gasteiger partial charge on any atom is 0.169 e. The molecule has 0 aliphatic rings. The van der Waals surface area contributed by atoms with Crippen LogP contribution >= 0.6 is 0 Å². The minimum atomic E-state index is -0.353. The normalized spacial score (nSPS) is 12.2. The van der Waals surface area contributed by atoms with Crippen LogP contribution in [0.15, 0.2) is 42.5 Å². The van der Waals surface area contributed by atoms with Crippen LogP contribution < -0.4 is 10.1 Å². The second kappa shape index (κ2) is 6.48. The quantitative estimate of drug-likeness (QED) is 0.897. The fourth-order valence-corrected chi connectivity index (χ4v) is 1.98. The van der Waals surface area contributed by atoms with Gasteiger partial charge in [0.25, 0.3) is 0 Å². The predicted octanol–water partition coefficient (Wildman–Crippen LogP) is 3.82. The fourth-order valence-electron chi connectivity index (χ4n) is 1.98. The summed E-state index contributed by atoms with van der Waals surface area (Å²) in [4.78, 5) is 0. The summed E-state index contributed by atoms with van der Waals surface area (Å²) in [5.74, 6) is -0.382. The molecule has 0 aliphatic carbocycles. The van der Waals surface area contributed by atoms with Gasteiger partial charge in [-0.05, 0) is 30.7 Å². The lowest BCUT2D eigenvalue weighted by molar-refractivity contribution is 0.382. The molecule has 0 heterocycles. The minimum Gasteiger partial charge on any atom is -0.494 e. The number of benzene rings is 2. The third-order valence-electron chi connectivity index (χ3n) is 3.23. The number of hydrogen-bond acceptors (Lipinski definition) is 2. The summed E-state index contributed by atoms with van der Waals surface area (Å²) in [6, 6.07) is 11.3. The first kappa shape index (κ1) is 14.5. The molecule has 1 atom stereocenters. The van der Waals surface area contributed by atoms with Crippen molar-refractivity contribution in [3.8, 4) is 5.75 Å². The molecule has 0 fully saturated rings. The first-order chi connectivity index (χ1) is 9.61. The lowest BCUT2D eigenvalue weighted by atomic mass is 10.1. The molecule has 0 amide bonds. The molecule has 1 N–H and O–H groups in total. The Morgan fingerprint density at radius 3 is 2.45 bits per heavy atom. The van der Waals surface area contributed by atoms with E-state index in [1.54, 1.807) is 30.3 Å². The Labute approximate surface area is 117 Å². The highest BCUT2D eigenvalue weighted by atomic mass is 19.1. The van der Waals surface area contributed by atoms with E-state index in [1.807, 2.05) is 6.92 Å². The van der Waals surface area contributed by atoms with E-state index >= 15 is 0 Å². The van der Waals surface area contributed by atoms with Gasteiger partial charge in [0.2, 0.25) is 0 Å². The Hall–Kier alpha value is -1.94. The summed E-state index contributed by atoms with van der Waals surface area (Å²) in [6.45, 7) is 2.33. The Morgan fingerprint density at radius 2 is 1.80 bits per heavy atom. The second-order valence-corrected chi connectivity index (χ2v) is 4.59. The maximum atomic E-state index is 14.0. The third-order valence-corrected chi connectivity index (χ3v) is 3.23. The fraction of sp³-hybridized carbons (Fsp3) is 0.250. The second-order valence-electron chi connectivity index (χ2n) is 4.59. The highest BCUT2D eigenvalue weighted by Gasteiger charge is 2.10. The molecule has 0 unspecified atom stereocenters. The van der Waals surface area contributed by atoms with Crippen molar-refractivity contribution in [1.29, 1.82) is 0 Å². The number of hydrogen-bond donors (Lipinski definition) is 1. The first-order valence-electron chi connectivity index (χ1n) is 6.42. The minimum absolute atomic E-state index is 0.00111. The zero-order valence-electron chi connectivity index (χ0n) is 11.5. The van der Waals surface area contributed by atoms with Crippen LogP contribution in [0.2, 0.25) is 0 Å². The van der Waals surface area contributed by atoms with Gasteiger partial charge >= 0.3 is 0 Å². The molecule has 2 nitrogen and oxygen atoms in total. The molecule has 0 bridgehead atoms. The van der Waals surface area contributed by atoms with Crippen LogP contribution in [0.4, 0.5) is 8.78 Å². The zero-order valence-corrected chi connectivity index (χ0v) is 11.5. The number of methoxy groups -OCH3 is 1. The van der Waals surface area contributed by atoms with Crippen LogP contribution in [0, 0.1) is 11.6 Å². The van der Waals surface area contributed by atoms with E-state index in [4.69, 9.17) is 4.74 Å². The van der Waals surface area contributed by atoms with Crippen molar-refractivity contribution in [2.75, 3.05) is 7.11 Å². The molecule has 0 aliphatic heterocycles. The lowest BCUT2D eigenvalue weighted by Crippen LogP contribution is -2.19. The van der Waals surface area contributed by atoms with Crippen LogP contribution in [-0.2, 0) is 6.54 Å². The van der Waals surface area contributed by atoms with Crippen molar-refractivity contribution in [2.45, 2.75) is 19.5 Å². The molecule has 4 heteroatoms. The summed E-state index contributed by atoms with van der Waals surface area (Å²) in [6.07, 6.45) is 0. The standard InChI is InChI=1S/C16H17F2NO/c1-11(12-6-8-14(17)9-7-12)19-10-13-4-3-5-15(20-2)16(13)18/h3-9,11,19H,10H2,1-2H3/t11-/m1/s1. The van der Waals surface area contributed by atoms with E-state index in [1.165, 1.54) is 19.2 Å². The van der Waals surface area contributed by atoms with Gasteiger partial charge in [0.15, 0.2) is 11.6 Å². The smallest absolute Gasteiger partial charge is 0.169 e. The number of ether oxygens (including phenoxy) is 1. The Balaban J connectivity index is 2.03. The van der Waals surface area contributed by atoms with Crippen LogP contribution in [-0.4, -0.2) is 7.11 Å². The third kappa shape index (κ3) is 3.33. The van der Waals surface area contributed by atoms with Crippen molar-refractivity contribution >= 4 is 0 Å². The molecule has 2 rings (SSSR count). The molecule has 0 saturated heterocycles. The van der Waals surface area contributed by atoms with Crippen molar-refractivity contribution in [2.24, 2.45) is 0 Å². The van der Waals surface area contributed by atoms with Gasteiger partial charge in [0.05, 0.1) is 7.11 Å². The summed E-state index contributed by atoms with van der Waals surface area (Å²) < 4.78 is 31.8. The summed E-state index contributed by atoms with van der Waals surface area (Å²) in [7, 11) is 1.44. The zero-order chi connectivity index (χ0) is 14.5. The molecule has 106 valence electrons. The van der Waals surface area contributed by atoms with E-state index in [0.717, 1.165) is 5.56 Å². The van der Waals surface area contributed by atoms with E-state index in [0.29, 0.717) is 12.1 Å². The topological polar surface area (TPSA) is 21.3 Å². The van der Waals surface area contributed by atoms with Gasteiger partial charge in [-0.15, -0.1) is 0 Å². The number of nitrogens with one attached hydrogen (secondary N) is 1. The van der Waals surface area contributed by atoms with Gasteiger partial charge < -0.3 is 10.1 Å². The van der Waals surface area contributed by atoms with Gasteiger partial charge in [0, 0.05) is 18.2 Å². The van der Waals surface area contributed by atoms with Gasteiger partial charge in [-0.25, -0.2) is 8.78 Å². The van der Waals surface area contributed by atoms with Crippen molar-refractivity contribution in [3.63, 3.8) is 0 Å². The SMILES string of the molecule is COc1cccc(CN[C@H](C)c2ccc(F)cc2)c1F. The Morgan fingerprint density at radius 1 is 1.10 bits per heavy atom. The van der Waals surface area contributed by atoms with Gasteiger partial charge in [-0.1, -0.05) is 24.3 Å². The number of halogens is 2. The average molecular weight is 277 g/mol. The van der Waals surface area contributed by atoms with Crippen LogP contribution in [0.5, 0.6) is 5.75 Å². The maximum absolute atomic E-state index is 14.0. The highest BCUT2D eigenvalue weighted by Crippen LogP contribution is 2.21. The summed E-state index contributed by atoms with van der Waals surface area (Å²) in [5, 5.41) is 3.21. The van der Waals surface area contributed by atoms with E-state index < -0.39 is 0 Å². The summed E-state index contributed by atoms with van der Waals surface area (Å²) in [5.41, 5.74) is 1.49. The molecule has 2 aromatic carbocycles. The average Bonchev–Trinajstić information content (AvgIpc) is 2.46. The highest BCUT2D eigenvalue weighted by molar-refractivity contribution is 5.31. The molecular formula is C16H17F2NO. The van der Waals surface area contributed by atoms with Crippen molar-refractivity contribution in [1.82, 2.24) is 5.32 Å². The molecular weight excluding hydrogens is 260 g/mol. The van der Waals surface area contributed by atoms with E-state index in [2.05, 4.69) is 5.32 Å². The largest absolute Gasteiger partial charge is 0.494 e. The summed E-state index contributed by atoms with van der Waals surface area (Å²) >= 11 is 0. The molecule has 0 aromatic heterocycles. The molecule has 20 heavy (non-hydrogen) atoms. The molecule has 0 saturated carbocycles. The van der Waals surface area contributed by atoms with Crippen LogP contribution in [0.3, 0.4) is 0 Å². The van der Waals surface area contributed by atoms with Crippen molar-refractivity contribution < 1.29 is 13.5 Å². The Bertz CT molecular complexity index is 569. The van der Waals surface area contributed by atoms with Crippen molar-refractivity contribution in [3.05, 3.63) is 65.2 Å². The first-order valence-corrected chi connectivity index (χ1v) is 6.42. The van der Waals surface area contributed by atoms with Crippen LogP contribution in [0.25, 0.3) is 0 Å². The van der Waals surface area contributed by atoms with E-state index in [9.17, 15) is 8.78 Å². The molecule has 0 radical (unpaired) electrons. The molecule has 0 spiro atoms. The van der Waals surface area contributed by atoms with Crippen LogP contribution in [0.1, 0.15) is 24.1 Å². The monoisotopic (exact) mass is 277 g/mol. The van der Waals surface area contributed by atoms with E-state index in [-0.39, 0.29) is 23.4 Å². The van der Waals surface area contributed by atoms with Gasteiger partial charge in [-0.3, -0.25) is 0 Å². The van der Waals surface area contributed by atoms with Gasteiger partial charge in [0.1, 0.15) is 5.82 Å².